The van der Waals surface area contributed by atoms with Crippen LogP contribution in [0.25, 0.3) is 0 Å². The Kier molecular flexibility index (Phi) is 5.25. The summed E-state index contributed by atoms with van der Waals surface area (Å²) in [7, 11) is 5.68. The number of aliphatic hydroxyl groups is 1. The van der Waals surface area contributed by atoms with Crippen molar-refractivity contribution in [2.75, 3.05) is 26.5 Å². The predicted molar refractivity (Wildman–Crippen MR) is 69.1 cm³/mol. The van der Waals surface area contributed by atoms with Crippen LogP contribution in [0.15, 0.2) is 18.2 Å². The molecule has 0 spiro atoms. The molecule has 0 aliphatic carbocycles. The highest BCUT2D eigenvalue weighted by atomic mass is 79.9. The van der Waals surface area contributed by atoms with Crippen LogP contribution in [0.1, 0.15) is 17.2 Å². The van der Waals surface area contributed by atoms with E-state index in [1.807, 2.05) is 32.3 Å². The maximum absolute atomic E-state index is 9.75. The van der Waals surface area contributed by atoms with Gasteiger partial charge in [-0.1, -0.05) is 22.0 Å². The van der Waals surface area contributed by atoms with Crippen molar-refractivity contribution < 1.29 is 9.84 Å². The normalized spacial score (nSPS) is 12.9. The van der Waals surface area contributed by atoms with E-state index in [1.54, 1.807) is 7.11 Å². The zero-order valence-electron chi connectivity index (χ0n) is 9.90. The summed E-state index contributed by atoms with van der Waals surface area (Å²) in [6.45, 7) is 0.798. The van der Waals surface area contributed by atoms with Gasteiger partial charge in [-0.2, -0.15) is 0 Å². The molecule has 1 aromatic rings. The lowest BCUT2D eigenvalue weighted by Crippen LogP contribution is -2.12. The summed E-state index contributed by atoms with van der Waals surface area (Å²) in [5.74, 6) is 0.860. The lowest BCUT2D eigenvalue weighted by atomic mass is 10.1. The zero-order valence-corrected chi connectivity index (χ0v) is 11.5. The molecule has 0 aliphatic heterocycles. The van der Waals surface area contributed by atoms with Gasteiger partial charge in [-0.05, 0) is 31.8 Å². The minimum absolute atomic E-state index is 0.466. The number of rotatable bonds is 5. The zero-order chi connectivity index (χ0) is 12.1. The second kappa shape index (κ2) is 6.23. The van der Waals surface area contributed by atoms with E-state index in [2.05, 4.69) is 20.8 Å². The van der Waals surface area contributed by atoms with Gasteiger partial charge in [0.2, 0.25) is 0 Å². The number of hydrogen-bond acceptors (Lipinski definition) is 3. The molecule has 1 aromatic carbocycles. The average Bonchev–Trinajstić information content (AvgIpc) is 2.27. The second-order valence-corrected chi connectivity index (χ2v) is 4.63. The lowest BCUT2D eigenvalue weighted by Gasteiger charge is -2.16. The summed E-state index contributed by atoms with van der Waals surface area (Å²) in [4.78, 5) is 2.07. The van der Waals surface area contributed by atoms with E-state index in [0.717, 1.165) is 23.4 Å². The van der Waals surface area contributed by atoms with Crippen LogP contribution in [0.2, 0.25) is 0 Å². The van der Waals surface area contributed by atoms with Crippen LogP contribution in [0.3, 0.4) is 0 Å². The van der Waals surface area contributed by atoms with Crippen LogP contribution in [0, 0.1) is 0 Å². The Labute approximate surface area is 105 Å². The number of nitrogens with zero attached hydrogens (tertiary/aromatic N) is 1. The first-order valence-electron chi connectivity index (χ1n) is 5.14. The molecule has 0 radical (unpaired) electrons. The first kappa shape index (κ1) is 13.5. The van der Waals surface area contributed by atoms with Crippen LogP contribution in [-0.4, -0.2) is 36.5 Å². The molecular weight excluding hydrogens is 270 g/mol. The molecule has 0 saturated carbocycles. The molecule has 4 heteroatoms. The number of ether oxygens (including phenoxy) is 1. The van der Waals surface area contributed by atoms with Crippen molar-refractivity contribution in [3.63, 3.8) is 0 Å². The van der Waals surface area contributed by atoms with Crippen molar-refractivity contribution in [3.8, 4) is 5.75 Å². The quantitative estimate of drug-likeness (QED) is 0.843. The molecule has 3 nitrogen and oxygen atoms in total. The van der Waals surface area contributed by atoms with Crippen molar-refractivity contribution in [1.82, 2.24) is 4.90 Å². The van der Waals surface area contributed by atoms with Crippen molar-refractivity contribution in [2.24, 2.45) is 0 Å². The third kappa shape index (κ3) is 3.47. The van der Waals surface area contributed by atoms with E-state index in [-0.39, 0.29) is 0 Å². The second-order valence-electron chi connectivity index (χ2n) is 3.98. The maximum atomic E-state index is 9.75. The maximum Gasteiger partial charge on any atom is 0.123 e. The Balaban J connectivity index is 3.00. The van der Waals surface area contributed by atoms with Gasteiger partial charge in [0.15, 0.2) is 0 Å². The third-order valence-electron chi connectivity index (χ3n) is 2.32. The van der Waals surface area contributed by atoms with E-state index >= 15 is 0 Å². The predicted octanol–water partition coefficient (Wildman–Crippen LogP) is 2.19. The summed E-state index contributed by atoms with van der Waals surface area (Å²) >= 11 is 3.27. The van der Waals surface area contributed by atoms with E-state index in [1.165, 1.54) is 0 Å². The molecule has 0 aliphatic rings. The summed E-state index contributed by atoms with van der Waals surface area (Å²) in [5, 5.41) is 10.3. The van der Waals surface area contributed by atoms with Gasteiger partial charge >= 0.3 is 0 Å². The largest absolute Gasteiger partial charge is 0.496 e. The molecule has 0 amide bonds. The molecule has 90 valence electrons. The first-order chi connectivity index (χ1) is 7.58. The van der Waals surface area contributed by atoms with Gasteiger partial charge in [-0.15, -0.1) is 0 Å². The molecule has 0 fully saturated rings. The third-order valence-corrected chi connectivity index (χ3v) is 2.94. The fourth-order valence-electron chi connectivity index (χ4n) is 1.56. The van der Waals surface area contributed by atoms with Gasteiger partial charge in [0, 0.05) is 17.4 Å². The van der Waals surface area contributed by atoms with Gasteiger partial charge < -0.3 is 14.7 Å². The van der Waals surface area contributed by atoms with Gasteiger partial charge in [0.05, 0.1) is 13.2 Å². The van der Waals surface area contributed by atoms with Crippen molar-refractivity contribution in [1.29, 1.82) is 0 Å². The first-order valence-corrected chi connectivity index (χ1v) is 6.26. The number of alkyl halides is 1. The fourth-order valence-corrected chi connectivity index (χ4v) is 1.93. The summed E-state index contributed by atoms with van der Waals surface area (Å²) in [6, 6.07) is 5.79. The summed E-state index contributed by atoms with van der Waals surface area (Å²) < 4.78 is 5.29. The van der Waals surface area contributed by atoms with Crippen molar-refractivity contribution >= 4 is 15.9 Å². The van der Waals surface area contributed by atoms with Gasteiger partial charge in [0.1, 0.15) is 5.75 Å². The standard InChI is InChI=1S/C12H18BrNO2/c1-14(2)8-10-6-9(11(15)7-13)4-5-12(10)16-3/h4-6,11,15H,7-8H2,1-3H3. The van der Waals surface area contributed by atoms with E-state index in [0.29, 0.717) is 5.33 Å². The Morgan fingerprint density at radius 2 is 2.12 bits per heavy atom. The number of benzene rings is 1. The highest BCUT2D eigenvalue weighted by Crippen LogP contribution is 2.25. The van der Waals surface area contributed by atoms with E-state index in [4.69, 9.17) is 4.74 Å². The number of methoxy groups -OCH3 is 1. The monoisotopic (exact) mass is 287 g/mol. The minimum atomic E-state index is -0.466. The molecule has 0 bridgehead atoms. The molecule has 0 saturated heterocycles. The molecule has 1 N–H and O–H groups in total. The SMILES string of the molecule is COc1ccc(C(O)CBr)cc1CN(C)C. The fraction of sp³-hybridized carbons (Fsp3) is 0.500. The lowest BCUT2D eigenvalue weighted by molar-refractivity contribution is 0.205. The molecule has 1 rings (SSSR count). The number of hydrogen-bond donors (Lipinski definition) is 1. The van der Waals surface area contributed by atoms with E-state index < -0.39 is 6.10 Å². The van der Waals surface area contributed by atoms with Crippen LogP contribution in [0.5, 0.6) is 5.75 Å². The van der Waals surface area contributed by atoms with E-state index in [9.17, 15) is 5.11 Å². The van der Waals surface area contributed by atoms with Crippen LogP contribution >= 0.6 is 15.9 Å². The Morgan fingerprint density at radius 3 is 2.62 bits per heavy atom. The highest BCUT2D eigenvalue weighted by molar-refractivity contribution is 9.09. The van der Waals surface area contributed by atoms with Crippen LogP contribution < -0.4 is 4.74 Å². The van der Waals surface area contributed by atoms with Crippen LogP contribution in [0.4, 0.5) is 0 Å². The smallest absolute Gasteiger partial charge is 0.123 e. The van der Waals surface area contributed by atoms with Crippen molar-refractivity contribution in [2.45, 2.75) is 12.6 Å². The van der Waals surface area contributed by atoms with Gasteiger partial charge in [-0.3, -0.25) is 0 Å². The Morgan fingerprint density at radius 1 is 1.44 bits per heavy atom. The Hall–Kier alpha value is -0.580. The molecule has 16 heavy (non-hydrogen) atoms. The van der Waals surface area contributed by atoms with Crippen molar-refractivity contribution in [3.05, 3.63) is 29.3 Å². The molecule has 0 heterocycles. The topological polar surface area (TPSA) is 32.7 Å². The molecule has 0 aromatic heterocycles. The average molecular weight is 288 g/mol. The number of halogens is 1. The van der Waals surface area contributed by atoms with Crippen LogP contribution in [-0.2, 0) is 6.54 Å². The van der Waals surface area contributed by atoms with Gasteiger partial charge in [0.25, 0.3) is 0 Å². The molecule has 1 unspecified atom stereocenters. The summed E-state index contributed by atoms with van der Waals surface area (Å²) in [6.07, 6.45) is -0.466. The van der Waals surface area contributed by atoms with Gasteiger partial charge in [-0.25, -0.2) is 0 Å². The number of aliphatic hydroxyl groups excluding tert-OH is 1. The molecular formula is C12H18BrNO2. The minimum Gasteiger partial charge on any atom is -0.496 e. The highest BCUT2D eigenvalue weighted by Gasteiger charge is 2.10. The summed E-state index contributed by atoms with van der Waals surface area (Å²) in [5.41, 5.74) is 2.00. The molecule has 1 atom stereocenters. The Bertz CT molecular complexity index is 342.